The van der Waals surface area contributed by atoms with Gasteiger partial charge in [0.15, 0.2) is 0 Å². The highest BCUT2D eigenvalue weighted by Gasteiger charge is 2.34. The van der Waals surface area contributed by atoms with Crippen LogP contribution in [0.2, 0.25) is 0 Å². The maximum atomic E-state index is 13.3. The zero-order valence-electron chi connectivity index (χ0n) is 10.1. The van der Waals surface area contributed by atoms with Crippen molar-refractivity contribution in [3.63, 3.8) is 0 Å². The minimum absolute atomic E-state index is 0.0856. The van der Waals surface area contributed by atoms with Gasteiger partial charge in [0.05, 0.1) is 11.6 Å². The van der Waals surface area contributed by atoms with E-state index in [1.807, 2.05) is 0 Å². The van der Waals surface area contributed by atoms with Crippen molar-refractivity contribution in [2.24, 2.45) is 5.73 Å². The van der Waals surface area contributed by atoms with Gasteiger partial charge in [0.1, 0.15) is 5.82 Å². The van der Waals surface area contributed by atoms with Gasteiger partial charge in [-0.25, -0.2) is 4.39 Å². The van der Waals surface area contributed by atoms with E-state index in [9.17, 15) is 17.6 Å². The van der Waals surface area contributed by atoms with E-state index in [1.165, 1.54) is 30.3 Å². The molecule has 0 heterocycles. The van der Waals surface area contributed by atoms with Gasteiger partial charge >= 0.3 is 6.18 Å². The Kier molecular flexibility index (Phi) is 4.15. The molecule has 0 fully saturated rings. The average molecular weight is 348 g/mol. The lowest BCUT2D eigenvalue weighted by molar-refractivity contribution is -0.138. The van der Waals surface area contributed by atoms with Gasteiger partial charge in [0.25, 0.3) is 0 Å². The Morgan fingerprint density at radius 1 is 1.05 bits per heavy atom. The molecule has 6 heteroatoms. The predicted molar refractivity (Wildman–Crippen MR) is 71.6 cm³/mol. The second-order valence-electron chi connectivity index (χ2n) is 4.27. The van der Waals surface area contributed by atoms with Gasteiger partial charge in [-0.3, -0.25) is 0 Å². The minimum Gasteiger partial charge on any atom is -0.320 e. The van der Waals surface area contributed by atoms with E-state index in [4.69, 9.17) is 5.73 Å². The van der Waals surface area contributed by atoms with Crippen LogP contribution in [-0.4, -0.2) is 0 Å². The molecule has 1 atom stereocenters. The maximum absolute atomic E-state index is 13.3. The summed E-state index contributed by atoms with van der Waals surface area (Å²) in [6.07, 6.45) is -4.50. The number of hydrogen-bond acceptors (Lipinski definition) is 1. The summed E-state index contributed by atoms with van der Waals surface area (Å²) in [7, 11) is 0. The van der Waals surface area contributed by atoms with Gasteiger partial charge in [0.2, 0.25) is 0 Å². The molecule has 20 heavy (non-hydrogen) atoms. The Morgan fingerprint density at radius 2 is 1.70 bits per heavy atom. The number of halogens is 5. The van der Waals surface area contributed by atoms with Gasteiger partial charge in [-0.15, -0.1) is 0 Å². The van der Waals surface area contributed by atoms with Gasteiger partial charge in [-0.05, 0) is 35.4 Å². The molecule has 0 aliphatic carbocycles. The smallest absolute Gasteiger partial charge is 0.320 e. The fraction of sp³-hybridized carbons (Fsp3) is 0.143. The first-order valence-electron chi connectivity index (χ1n) is 5.66. The fourth-order valence-electron chi connectivity index (χ4n) is 1.96. The van der Waals surface area contributed by atoms with Crippen LogP contribution in [0.25, 0.3) is 0 Å². The topological polar surface area (TPSA) is 26.0 Å². The summed E-state index contributed by atoms with van der Waals surface area (Å²) < 4.78 is 52.6. The van der Waals surface area contributed by atoms with E-state index in [2.05, 4.69) is 15.9 Å². The quantitative estimate of drug-likeness (QED) is 0.786. The molecule has 0 saturated heterocycles. The van der Waals surface area contributed by atoms with Crippen molar-refractivity contribution in [3.8, 4) is 0 Å². The minimum atomic E-state index is -4.50. The largest absolute Gasteiger partial charge is 0.416 e. The highest BCUT2D eigenvalue weighted by Crippen LogP contribution is 2.36. The molecule has 0 aromatic heterocycles. The zero-order valence-corrected chi connectivity index (χ0v) is 11.7. The average Bonchev–Trinajstić information content (AvgIpc) is 2.35. The van der Waals surface area contributed by atoms with Gasteiger partial charge in [0, 0.05) is 4.47 Å². The second kappa shape index (κ2) is 5.54. The maximum Gasteiger partial charge on any atom is 0.416 e. The number of benzene rings is 2. The van der Waals surface area contributed by atoms with Crippen molar-refractivity contribution in [3.05, 3.63) is 69.4 Å². The van der Waals surface area contributed by atoms with Crippen LogP contribution in [0.1, 0.15) is 22.7 Å². The van der Waals surface area contributed by atoms with E-state index in [1.54, 1.807) is 0 Å². The number of alkyl halides is 3. The van der Waals surface area contributed by atoms with Crippen LogP contribution in [0.15, 0.2) is 46.9 Å². The summed E-state index contributed by atoms with van der Waals surface area (Å²) >= 11 is 3.09. The Balaban J connectivity index is 2.51. The SMILES string of the molecule is NC(c1cc(F)cc(Br)c1)c1ccccc1C(F)(F)F. The van der Waals surface area contributed by atoms with E-state index in [0.29, 0.717) is 4.47 Å². The predicted octanol–water partition coefficient (Wildman–Crippen LogP) is 4.66. The zero-order chi connectivity index (χ0) is 14.9. The standard InChI is InChI=1S/C14H10BrF4N/c15-9-5-8(6-10(16)7-9)13(20)11-3-1-2-4-12(11)14(17,18)19/h1-7,13H,20H2. The van der Waals surface area contributed by atoms with Crippen LogP contribution < -0.4 is 5.73 Å². The molecular weight excluding hydrogens is 338 g/mol. The van der Waals surface area contributed by atoms with Crippen molar-refractivity contribution in [1.82, 2.24) is 0 Å². The number of rotatable bonds is 2. The molecule has 0 radical (unpaired) electrons. The number of nitrogens with two attached hydrogens (primary N) is 1. The Labute approximate surface area is 121 Å². The molecule has 0 bridgehead atoms. The van der Waals surface area contributed by atoms with Crippen LogP contribution in [0.5, 0.6) is 0 Å². The summed E-state index contributed by atoms with van der Waals surface area (Å²) in [5.74, 6) is -0.561. The third kappa shape index (κ3) is 3.19. The third-order valence-corrected chi connectivity index (χ3v) is 3.30. The summed E-state index contributed by atoms with van der Waals surface area (Å²) in [6, 6.07) is 7.81. The third-order valence-electron chi connectivity index (χ3n) is 2.85. The molecule has 0 saturated carbocycles. The molecule has 2 aromatic rings. The Bertz CT molecular complexity index is 605. The molecule has 2 N–H and O–H groups in total. The summed E-state index contributed by atoms with van der Waals surface area (Å²) in [5, 5.41) is 0. The lowest BCUT2D eigenvalue weighted by Crippen LogP contribution is -2.18. The van der Waals surface area contributed by atoms with Gasteiger partial charge in [-0.1, -0.05) is 34.1 Å². The second-order valence-corrected chi connectivity index (χ2v) is 5.18. The van der Waals surface area contributed by atoms with Crippen molar-refractivity contribution in [1.29, 1.82) is 0 Å². The molecule has 0 spiro atoms. The van der Waals surface area contributed by atoms with Crippen LogP contribution in [-0.2, 0) is 6.18 Å². The first-order chi connectivity index (χ1) is 9.29. The fourth-order valence-corrected chi connectivity index (χ4v) is 2.44. The van der Waals surface area contributed by atoms with Crippen LogP contribution in [0.3, 0.4) is 0 Å². The summed E-state index contributed by atoms with van der Waals surface area (Å²) in [5.41, 5.74) is 5.24. The molecule has 1 nitrogen and oxygen atoms in total. The normalized spacial score (nSPS) is 13.3. The lowest BCUT2D eigenvalue weighted by atomic mass is 9.95. The highest BCUT2D eigenvalue weighted by molar-refractivity contribution is 9.10. The van der Waals surface area contributed by atoms with Crippen molar-refractivity contribution in [2.75, 3.05) is 0 Å². The molecule has 2 rings (SSSR count). The van der Waals surface area contributed by atoms with Crippen LogP contribution in [0, 0.1) is 5.82 Å². The molecule has 0 aliphatic rings. The Hall–Kier alpha value is -1.40. The summed E-state index contributed by atoms with van der Waals surface area (Å²) in [6.45, 7) is 0. The number of hydrogen-bond donors (Lipinski definition) is 1. The van der Waals surface area contributed by atoms with E-state index >= 15 is 0 Å². The van der Waals surface area contributed by atoms with E-state index in [-0.39, 0.29) is 11.1 Å². The van der Waals surface area contributed by atoms with Crippen molar-refractivity contribution in [2.45, 2.75) is 12.2 Å². The summed E-state index contributed by atoms with van der Waals surface area (Å²) in [4.78, 5) is 0. The van der Waals surface area contributed by atoms with E-state index < -0.39 is 23.6 Å². The van der Waals surface area contributed by atoms with Gasteiger partial charge in [-0.2, -0.15) is 13.2 Å². The molecule has 0 amide bonds. The molecule has 0 aliphatic heterocycles. The monoisotopic (exact) mass is 347 g/mol. The van der Waals surface area contributed by atoms with Crippen LogP contribution >= 0.6 is 15.9 Å². The molecule has 106 valence electrons. The van der Waals surface area contributed by atoms with Crippen molar-refractivity contribution >= 4 is 15.9 Å². The lowest BCUT2D eigenvalue weighted by Gasteiger charge is -2.19. The van der Waals surface area contributed by atoms with Gasteiger partial charge < -0.3 is 5.73 Å². The molecule has 2 aromatic carbocycles. The molecule has 1 unspecified atom stereocenters. The molecular formula is C14H10BrF4N. The van der Waals surface area contributed by atoms with Crippen LogP contribution in [0.4, 0.5) is 17.6 Å². The first-order valence-corrected chi connectivity index (χ1v) is 6.46. The highest BCUT2D eigenvalue weighted by atomic mass is 79.9. The first kappa shape index (κ1) is 15.0. The van der Waals surface area contributed by atoms with E-state index in [0.717, 1.165) is 12.1 Å². The Morgan fingerprint density at radius 3 is 2.30 bits per heavy atom. The van der Waals surface area contributed by atoms with Crippen molar-refractivity contribution < 1.29 is 17.6 Å².